The molecule has 0 aliphatic carbocycles. The first-order chi connectivity index (χ1) is 4.59. The second kappa shape index (κ2) is 2.10. The summed E-state index contributed by atoms with van der Waals surface area (Å²) in [5, 5.41) is 17.7. The van der Waals surface area contributed by atoms with E-state index in [0.29, 0.717) is 5.70 Å². The molecule has 1 atom stereocenters. The van der Waals surface area contributed by atoms with Crippen LogP contribution in [0.3, 0.4) is 0 Å². The molecule has 0 amide bonds. The van der Waals surface area contributed by atoms with E-state index in [1.807, 2.05) is 0 Å². The summed E-state index contributed by atoms with van der Waals surface area (Å²) in [6.07, 6.45) is 3.09. The van der Waals surface area contributed by atoms with E-state index in [1.54, 1.807) is 19.1 Å². The van der Waals surface area contributed by atoms with Crippen molar-refractivity contribution in [3.63, 3.8) is 0 Å². The lowest BCUT2D eigenvalue weighted by molar-refractivity contribution is -0.940. The van der Waals surface area contributed by atoms with Crippen LogP contribution < -0.4 is 0 Å². The lowest BCUT2D eigenvalue weighted by Gasteiger charge is -2.12. The zero-order valence-corrected chi connectivity index (χ0v) is 6.13. The highest BCUT2D eigenvalue weighted by Gasteiger charge is 2.37. The van der Waals surface area contributed by atoms with Gasteiger partial charge < -0.3 is 0 Å². The molecule has 0 fully saturated rings. The molecule has 0 aromatic heterocycles. The molecule has 1 heterocycles. The first-order valence-electron chi connectivity index (χ1n) is 2.70. The van der Waals surface area contributed by atoms with Crippen molar-refractivity contribution in [3.05, 3.63) is 23.5 Å². The molecule has 0 aromatic rings. The van der Waals surface area contributed by atoms with Crippen molar-refractivity contribution >= 4 is 11.8 Å². The molecule has 1 N–H and O–H groups in total. The number of hydroxylamine groups is 2. The molecule has 1 rings (SSSR count). The van der Waals surface area contributed by atoms with Gasteiger partial charge in [-0.2, -0.15) is 10.5 Å². The molecular formula is C6H6ClN2O+. The number of hydrogen-bond donors (Lipinski definition) is 1. The van der Waals surface area contributed by atoms with Gasteiger partial charge >= 0.3 is 0 Å². The fraction of sp³-hybridized carbons (Fsp3) is 0.167. The highest BCUT2D eigenvalue weighted by atomic mass is 35.5. The molecule has 1 unspecified atom stereocenters. The normalized spacial score (nSPS) is 31.0. The van der Waals surface area contributed by atoms with Gasteiger partial charge in [0.25, 0.3) is 5.70 Å². The highest BCUT2D eigenvalue weighted by molar-refractivity contribution is 6.07. The van der Waals surface area contributed by atoms with Crippen LogP contribution >= 0.6 is 11.8 Å². The number of rotatable bonds is 0. The van der Waals surface area contributed by atoms with Gasteiger partial charge in [0.05, 0.1) is 0 Å². The van der Waals surface area contributed by atoms with E-state index in [1.165, 1.54) is 6.08 Å². The zero-order valence-electron chi connectivity index (χ0n) is 5.37. The van der Waals surface area contributed by atoms with Crippen LogP contribution in [0.25, 0.3) is 0 Å². The minimum Gasteiger partial charge on any atom is -0.186 e. The monoisotopic (exact) mass is 157 g/mol. The molecule has 0 aromatic carbocycles. The Morgan fingerprint density at radius 2 is 2.30 bits per heavy atom. The predicted octanol–water partition coefficient (Wildman–Crippen LogP) is 1.67. The van der Waals surface area contributed by atoms with Gasteiger partial charge in [0.1, 0.15) is 0 Å². The fourth-order valence-electron chi connectivity index (χ4n) is 0.691. The average molecular weight is 158 g/mol. The summed E-state index contributed by atoms with van der Waals surface area (Å²) in [5.74, 6) is 0. The van der Waals surface area contributed by atoms with Gasteiger partial charge in [0, 0.05) is 19.1 Å². The predicted molar refractivity (Wildman–Crippen MR) is 35.4 cm³/mol. The molecule has 1 aliphatic rings. The van der Waals surface area contributed by atoms with Crippen LogP contribution in [0.4, 0.5) is 0 Å². The maximum Gasteiger partial charge on any atom is 0.266 e. The summed E-state index contributed by atoms with van der Waals surface area (Å²) in [5.41, 5.74) is 0.650. The van der Waals surface area contributed by atoms with Gasteiger partial charge in [-0.05, 0) is 4.17 Å². The Labute approximate surface area is 63.7 Å². The van der Waals surface area contributed by atoms with Crippen LogP contribution in [-0.4, -0.2) is 9.37 Å². The highest BCUT2D eigenvalue weighted by Crippen LogP contribution is 2.30. The first kappa shape index (κ1) is 7.29. The van der Waals surface area contributed by atoms with E-state index < -0.39 is 4.17 Å². The van der Waals surface area contributed by atoms with E-state index in [4.69, 9.17) is 17.0 Å². The SMILES string of the molecule is CC1=CC=C(C#N)[N+]1(O)Cl. The van der Waals surface area contributed by atoms with Gasteiger partial charge in [0.2, 0.25) is 11.8 Å². The second-order valence-electron chi connectivity index (χ2n) is 2.03. The van der Waals surface area contributed by atoms with Crippen molar-refractivity contribution < 1.29 is 9.37 Å². The van der Waals surface area contributed by atoms with Crippen LogP contribution in [-0.2, 0) is 0 Å². The number of allylic oxidation sites excluding steroid dienone is 4. The second-order valence-corrected chi connectivity index (χ2v) is 2.52. The first-order valence-corrected chi connectivity index (χ1v) is 3.04. The molecule has 52 valence electrons. The van der Waals surface area contributed by atoms with Crippen LogP contribution in [0.15, 0.2) is 23.5 Å². The number of hydrogen-bond acceptors (Lipinski definition) is 2. The summed E-state index contributed by atoms with van der Waals surface area (Å²) in [4.78, 5) is 0. The summed E-state index contributed by atoms with van der Waals surface area (Å²) >= 11 is 5.52. The standard InChI is InChI=1S/C6H6ClN2O/c1-5-2-3-6(4-8)9(5,7)10/h2-3,10H,1H3/q+1. The van der Waals surface area contributed by atoms with Crippen molar-refractivity contribution in [2.75, 3.05) is 0 Å². The summed E-state index contributed by atoms with van der Waals surface area (Å²) < 4.78 is -0.920. The van der Waals surface area contributed by atoms with Crippen molar-refractivity contribution in [3.8, 4) is 6.07 Å². The van der Waals surface area contributed by atoms with E-state index in [9.17, 15) is 5.21 Å². The van der Waals surface area contributed by atoms with Gasteiger partial charge in [-0.3, -0.25) is 0 Å². The molecule has 0 saturated heterocycles. The van der Waals surface area contributed by atoms with Crippen molar-refractivity contribution in [1.82, 2.24) is 0 Å². The number of nitriles is 1. The van der Waals surface area contributed by atoms with Crippen LogP contribution in [0, 0.1) is 11.3 Å². The maximum absolute atomic E-state index is 9.27. The molecule has 0 bridgehead atoms. The van der Waals surface area contributed by atoms with Crippen LogP contribution in [0.2, 0.25) is 0 Å². The van der Waals surface area contributed by atoms with Gasteiger partial charge in [0.15, 0.2) is 11.8 Å². The molecule has 0 spiro atoms. The maximum atomic E-state index is 9.27. The van der Waals surface area contributed by atoms with Gasteiger partial charge in [-0.15, -0.1) is 0 Å². The van der Waals surface area contributed by atoms with E-state index in [2.05, 4.69) is 0 Å². The van der Waals surface area contributed by atoms with Crippen LogP contribution in [0.5, 0.6) is 0 Å². The molecule has 1 aliphatic heterocycles. The third-order valence-electron chi connectivity index (χ3n) is 1.38. The number of quaternary nitrogens is 1. The molecule has 10 heavy (non-hydrogen) atoms. The quantitative estimate of drug-likeness (QED) is 0.544. The molecule has 0 radical (unpaired) electrons. The van der Waals surface area contributed by atoms with E-state index in [0.717, 1.165) is 0 Å². The minimum absolute atomic E-state index is 0.124. The third kappa shape index (κ3) is 0.830. The third-order valence-corrected chi connectivity index (χ3v) is 1.83. The molecule has 3 nitrogen and oxygen atoms in total. The Morgan fingerprint density at radius 1 is 1.70 bits per heavy atom. The number of nitrogens with zero attached hydrogens (tertiary/aromatic N) is 2. The summed E-state index contributed by atoms with van der Waals surface area (Å²) in [6, 6.07) is 1.78. The Morgan fingerprint density at radius 3 is 2.50 bits per heavy atom. The van der Waals surface area contributed by atoms with Crippen molar-refractivity contribution in [1.29, 1.82) is 5.26 Å². The topological polar surface area (TPSA) is 44.0 Å². The lowest BCUT2D eigenvalue weighted by Crippen LogP contribution is -2.27. The molecule has 4 heteroatoms. The van der Waals surface area contributed by atoms with Crippen molar-refractivity contribution in [2.45, 2.75) is 6.92 Å². The Balaban J connectivity index is 3.03. The Kier molecular flexibility index (Phi) is 1.53. The van der Waals surface area contributed by atoms with Crippen molar-refractivity contribution in [2.24, 2.45) is 0 Å². The number of halogens is 1. The Hall–Kier alpha value is -0.820. The van der Waals surface area contributed by atoms with E-state index >= 15 is 0 Å². The van der Waals surface area contributed by atoms with Crippen LogP contribution in [0.1, 0.15) is 6.92 Å². The smallest absolute Gasteiger partial charge is 0.186 e. The molecule has 0 saturated carbocycles. The van der Waals surface area contributed by atoms with Gasteiger partial charge in [-0.1, -0.05) is 0 Å². The zero-order chi connectivity index (χ0) is 7.78. The minimum atomic E-state index is -0.920. The average Bonchev–Trinajstić information content (AvgIpc) is 2.10. The summed E-state index contributed by atoms with van der Waals surface area (Å²) in [6.45, 7) is 1.65. The Bertz CT molecular complexity index is 259. The fourth-order valence-corrected chi connectivity index (χ4v) is 0.841. The van der Waals surface area contributed by atoms with E-state index in [-0.39, 0.29) is 5.70 Å². The summed E-state index contributed by atoms with van der Waals surface area (Å²) in [7, 11) is 0. The molecular weight excluding hydrogens is 152 g/mol. The van der Waals surface area contributed by atoms with Gasteiger partial charge in [-0.25, -0.2) is 0 Å². The lowest BCUT2D eigenvalue weighted by atomic mass is 10.5. The largest absolute Gasteiger partial charge is 0.266 e.